The zero-order valence-electron chi connectivity index (χ0n) is 15.4. The summed E-state index contributed by atoms with van der Waals surface area (Å²) in [7, 11) is 0. The molecule has 0 aromatic carbocycles. The van der Waals surface area contributed by atoms with E-state index in [-0.39, 0.29) is 0 Å². The molecule has 27 heavy (non-hydrogen) atoms. The van der Waals surface area contributed by atoms with Crippen molar-refractivity contribution in [3.05, 3.63) is 0 Å². The van der Waals surface area contributed by atoms with E-state index in [1.807, 2.05) is 0 Å². The van der Waals surface area contributed by atoms with Gasteiger partial charge >= 0.3 is 29.8 Å². The van der Waals surface area contributed by atoms with E-state index in [0.717, 1.165) is 34.6 Å². The molecule has 0 amide bonds. The molecule has 1 aliphatic rings. The lowest BCUT2D eigenvalue weighted by molar-refractivity contribution is -0.246. The van der Waals surface area contributed by atoms with Crippen LogP contribution in [0.25, 0.3) is 0 Å². The molecule has 0 radical (unpaired) electrons. The summed E-state index contributed by atoms with van der Waals surface area (Å²) in [5.74, 6) is -4.51. The summed E-state index contributed by atoms with van der Waals surface area (Å²) in [6.45, 7) is 4.98. The Bertz CT molecular complexity index is 574. The van der Waals surface area contributed by atoms with E-state index < -0.39 is 66.5 Å². The Morgan fingerprint density at radius 3 is 0.889 bits per heavy atom. The number of rotatable bonds is 5. The van der Waals surface area contributed by atoms with Crippen LogP contribution >= 0.6 is 0 Å². The van der Waals surface area contributed by atoms with Crippen molar-refractivity contribution in [2.75, 3.05) is 0 Å². The second-order valence-electron chi connectivity index (χ2n) is 5.81. The van der Waals surface area contributed by atoms with E-state index in [0.29, 0.717) is 0 Å². The van der Waals surface area contributed by atoms with Crippen molar-refractivity contribution >= 4 is 29.8 Å². The zero-order chi connectivity index (χ0) is 20.9. The van der Waals surface area contributed by atoms with E-state index in [2.05, 4.69) is 0 Å². The quantitative estimate of drug-likeness (QED) is 0.465. The maximum atomic E-state index is 15.1. The van der Waals surface area contributed by atoms with Gasteiger partial charge in [0, 0.05) is 34.6 Å². The Morgan fingerprint density at radius 2 is 0.667 bits per heavy atom. The van der Waals surface area contributed by atoms with Crippen molar-refractivity contribution < 1.29 is 52.0 Å². The standard InChI is InChI=1S/C16H21FO10/c1-6(18)23-12-11(17)13(24-7(2)19)15(26-9(4)21)16(27-10(5)22)14(12)25-8(3)20/h11-16H,1-5H3/t11-,12?,13?,14?,15?,16-. The van der Waals surface area contributed by atoms with Crippen molar-refractivity contribution in [3.8, 4) is 0 Å². The van der Waals surface area contributed by atoms with Crippen LogP contribution in [0.4, 0.5) is 4.39 Å². The average molecular weight is 392 g/mol. The van der Waals surface area contributed by atoms with Crippen LogP contribution in [0, 0.1) is 0 Å². The number of carbonyl (C=O) groups is 5. The molecule has 0 aromatic heterocycles. The second kappa shape index (κ2) is 9.28. The van der Waals surface area contributed by atoms with Crippen LogP contribution in [0.1, 0.15) is 34.6 Å². The molecule has 1 saturated carbocycles. The summed E-state index contributed by atoms with van der Waals surface area (Å²) in [4.78, 5) is 57.2. The van der Waals surface area contributed by atoms with Gasteiger partial charge in [-0.25, -0.2) is 4.39 Å². The zero-order valence-corrected chi connectivity index (χ0v) is 15.4. The predicted octanol–water partition coefficient (Wildman–Crippen LogP) is -0.00340. The Hall–Kier alpha value is -2.72. The summed E-state index contributed by atoms with van der Waals surface area (Å²) in [6, 6.07) is 0. The lowest BCUT2D eigenvalue weighted by Gasteiger charge is -2.45. The van der Waals surface area contributed by atoms with Gasteiger partial charge in [0.2, 0.25) is 0 Å². The third kappa shape index (κ3) is 6.19. The molecular formula is C16H21FO10. The number of carbonyl (C=O) groups excluding carboxylic acids is 5. The Morgan fingerprint density at radius 1 is 0.481 bits per heavy atom. The van der Waals surface area contributed by atoms with Gasteiger partial charge in [0.1, 0.15) is 0 Å². The number of hydrogen-bond acceptors (Lipinski definition) is 10. The number of esters is 5. The fourth-order valence-corrected chi connectivity index (χ4v) is 2.73. The van der Waals surface area contributed by atoms with Crippen molar-refractivity contribution in [2.45, 2.75) is 71.3 Å². The predicted molar refractivity (Wildman–Crippen MR) is 82.7 cm³/mol. The first-order valence-electron chi connectivity index (χ1n) is 7.94. The van der Waals surface area contributed by atoms with E-state index >= 15 is 4.39 Å². The highest BCUT2D eigenvalue weighted by atomic mass is 19.1. The van der Waals surface area contributed by atoms with E-state index in [1.165, 1.54) is 0 Å². The second-order valence-corrected chi connectivity index (χ2v) is 5.81. The largest absolute Gasteiger partial charge is 0.455 e. The van der Waals surface area contributed by atoms with Gasteiger partial charge in [-0.3, -0.25) is 24.0 Å². The average Bonchev–Trinajstić information content (AvgIpc) is 2.49. The summed E-state index contributed by atoms with van der Waals surface area (Å²) < 4.78 is 39.9. The Kier molecular flexibility index (Phi) is 7.68. The molecule has 4 unspecified atom stereocenters. The molecular weight excluding hydrogens is 371 g/mol. The molecule has 0 saturated heterocycles. The molecule has 0 bridgehead atoms. The topological polar surface area (TPSA) is 132 Å². The molecule has 0 aliphatic heterocycles. The number of halogens is 1. The fourth-order valence-electron chi connectivity index (χ4n) is 2.73. The lowest BCUT2D eigenvalue weighted by atomic mass is 9.84. The van der Waals surface area contributed by atoms with Gasteiger partial charge in [-0.1, -0.05) is 0 Å². The highest BCUT2D eigenvalue weighted by Crippen LogP contribution is 2.34. The molecule has 10 nitrogen and oxygen atoms in total. The van der Waals surface area contributed by atoms with E-state index in [1.54, 1.807) is 0 Å². The molecule has 0 N–H and O–H groups in total. The fraction of sp³-hybridized carbons (Fsp3) is 0.688. The monoisotopic (exact) mass is 392 g/mol. The van der Waals surface area contributed by atoms with Gasteiger partial charge < -0.3 is 23.7 Å². The van der Waals surface area contributed by atoms with Crippen molar-refractivity contribution in [1.29, 1.82) is 0 Å². The first-order chi connectivity index (χ1) is 12.4. The SMILES string of the molecule is CC(=O)OC1C(OC(C)=O)[C@H](OC(C)=O)C(OC(C)=O)C(OC(C)=O)[C@H]1F. The van der Waals surface area contributed by atoms with Crippen LogP contribution in [-0.2, 0) is 47.7 Å². The van der Waals surface area contributed by atoms with E-state index in [4.69, 9.17) is 23.7 Å². The first kappa shape index (κ1) is 22.3. The highest BCUT2D eigenvalue weighted by molar-refractivity contribution is 5.70. The van der Waals surface area contributed by atoms with Gasteiger partial charge in [-0.15, -0.1) is 0 Å². The minimum absolute atomic E-state index is 0.880. The van der Waals surface area contributed by atoms with Gasteiger partial charge in [-0.05, 0) is 0 Å². The van der Waals surface area contributed by atoms with Crippen molar-refractivity contribution in [1.82, 2.24) is 0 Å². The third-order valence-electron chi connectivity index (χ3n) is 3.43. The number of hydrogen-bond donors (Lipinski definition) is 0. The van der Waals surface area contributed by atoms with E-state index in [9.17, 15) is 24.0 Å². The normalized spacial score (nSPS) is 29.9. The maximum absolute atomic E-state index is 15.1. The van der Waals surface area contributed by atoms with Crippen LogP contribution in [0.5, 0.6) is 0 Å². The Balaban J connectivity index is 3.46. The van der Waals surface area contributed by atoms with Crippen molar-refractivity contribution in [3.63, 3.8) is 0 Å². The lowest BCUT2D eigenvalue weighted by Crippen LogP contribution is -2.67. The smallest absolute Gasteiger partial charge is 0.303 e. The summed E-state index contributed by atoms with van der Waals surface area (Å²) in [5, 5.41) is 0. The highest BCUT2D eigenvalue weighted by Gasteiger charge is 2.59. The summed E-state index contributed by atoms with van der Waals surface area (Å²) >= 11 is 0. The van der Waals surface area contributed by atoms with Gasteiger partial charge in [0.05, 0.1) is 0 Å². The molecule has 0 spiro atoms. The van der Waals surface area contributed by atoms with Gasteiger partial charge in [0.25, 0.3) is 0 Å². The maximum Gasteiger partial charge on any atom is 0.303 e. The summed E-state index contributed by atoms with van der Waals surface area (Å²) in [6.07, 6.45) is -10.6. The third-order valence-corrected chi connectivity index (χ3v) is 3.43. The Labute approximate surface area is 154 Å². The number of alkyl halides is 1. The molecule has 0 aromatic rings. The molecule has 1 rings (SSSR count). The van der Waals surface area contributed by atoms with Gasteiger partial charge in [-0.2, -0.15) is 0 Å². The van der Waals surface area contributed by atoms with Crippen LogP contribution < -0.4 is 0 Å². The molecule has 4 atom stereocenters. The van der Waals surface area contributed by atoms with Crippen molar-refractivity contribution in [2.24, 2.45) is 0 Å². The minimum atomic E-state index is -2.24. The molecule has 1 fully saturated rings. The first-order valence-corrected chi connectivity index (χ1v) is 7.94. The summed E-state index contributed by atoms with van der Waals surface area (Å²) in [5.41, 5.74) is 0. The molecule has 11 heteroatoms. The van der Waals surface area contributed by atoms with Crippen LogP contribution in [0.15, 0.2) is 0 Å². The minimum Gasteiger partial charge on any atom is -0.455 e. The molecule has 1 aliphatic carbocycles. The molecule has 152 valence electrons. The van der Waals surface area contributed by atoms with Crippen LogP contribution in [0.3, 0.4) is 0 Å². The van der Waals surface area contributed by atoms with Crippen LogP contribution in [0.2, 0.25) is 0 Å². The van der Waals surface area contributed by atoms with Gasteiger partial charge in [0.15, 0.2) is 36.7 Å². The number of ether oxygens (including phenoxy) is 5. The van der Waals surface area contributed by atoms with Crippen LogP contribution in [-0.4, -0.2) is 66.5 Å². The molecule has 0 heterocycles.